The molecule has 4 unspecified atom stereocenters. The molecule has 0 aromatic heterocycles. The van der Waals surface area contributed by atoms with Crippen LogP contribution in [-0.4, -0.2) is 34.7 Å². The lowest BCUT2D eigenvalue weighted by Crippen LogP contribution is -2.54. The molecular formula is C16H29NO. The lowest BCUT2D eigenvalue weighted by Gasteiger charge is -2.48. The van der Waals surface area contributed by atoms with E-state index in [0.29, 0.717) is 6.04 Å². The number of piperidine rings is 1. The lowest BCUT2D eigenvalue weighted by atomic mass is 9.77. The van der Waals surface area contributed by atoms with E-state index in [1.807, 2.05) is 0 Å². The van der Waals surface area contributed by atoms with Gasteiger partial charge in [0.1, 0.15) is 0 Å². The third-order valence-corrected chi connectivity index (χ3v) is 5.66. The van der Waals surface area contributed by atoms with Gasteiger partial charge in [0.05, 0.1) is 6.10 Å². The van der Waals surface area contributed by atoms with E-state index in [2.05, 4.69) is 4.90 Å². The second-order valence-electron chi connectivity index (χ2n) is 6.76. The molecule has 3 fully saturated rings. The summed E-state index contributed by atoms with van der Waals surface area (Å²) in [5.74, 6) is 0.947. The van der Waals surface area contributed by atoms with Crippen LogP contribution in [0.15, 0.2) is 0 Å². The number of hydrogen-bond acceptors (Lipinski definition) is 2. The first-order valence-corrected chi connectivity index (χ1v) is 8.30. The van der Waals surface area contributed by atoms with Gasteiger partial charge in [-0.15, -0.1) is 0 Å². The molecule has 4 atom stereocenters. The molecule has 2 aliphatic carbocycles. The second-order valence-corrected chi connectivity index (χ2v) is 6.76. The molecule has 2 nitrogen and oxygen atoms in total. The van der Waals surface area contributed by atoms with E-state index in [9.17, 15) is 5.11 Å². The summed E-state index contributed by atoms with van der Waals surface area (Å²) in [4.78, 5) is 2.74. The van der Waals surface area contributed by atoms with Crippen LogP contribution in [0, 0.1) is 5.92 Å². The molecule has 0 spiro atoms. The number of hydrogen-bond donors (Lipinski definition) is 1. The van der Waals surface area contributed by atoms with Crippen LogP contribution in [0.25, 0.3) is 0 Å². The summed E-state index contributed by atoms with van der Waals surface area (Å²) in [6.45, 7) is 1.25. The molecule has 1 heterocycles. The Labute approximate surface area is 112 Å². The number of aliphatic hydroxyl groups is 1. The molecule has 0 aromatic carbocycles. The molecule has 1 saturated heterocycles. The maximum absolute atomic E-state index is 10.4. The van der Waals surface area contributed by atoms with Crippen molar-refractivity contribution in [2.45, 2.75) is 88.8 Å². The Bertz CT molecular complexity index is 266. The largest absolute Gasteiger partial charge is 0.391 e. The minimum Gasteiger partial charge on any atom is -0.391 e. The van der Waals surface area contributed by atoms with Crippen LogP contribution in [0.1, 0.15) is 70.6 Å². The first-order chi connectivity index (χ1) is 8.86. The highest BCUT2D eigenvalue weighted by molar-refractivity contribution is 4.93. The number of rotatable bonds is 1. The van der Waals surface area contributed by atoms with Crippen LogP contribution in [0.5, 0.6) is 0 Å². The zero-order chi connectivity index (χ0) is 12.4. The first-order valence-electron chi connectivity index (χ1n) is 8.30. The Balaban J connectivity index is 1.71. The van der Waals surface area contributed by atoms with Gasteiger partial charge in [0.15, 0.2) is 0 Å². The van der Waals surface area contributed by atoms with Gasteiger partial charge in [-0.05, 0) is 51.0 Å². The zero-order valence-electron chi connectivity index (χ0n) is 11.7. The number of aliphatic hydroxyl groups excluding tert-OH is 1. The fourth-order valence-electron chi connectivity index (χ4n) is 4.73. The van der Waals surface area contributed by atoms with Crippen molar-refractivity contribution in [1.82, 2.24) is 4.90 Å². The Morgan fingerprint density at radius 2 is 1.33 bits per heavy atom. The zero-order valence-corrected chi connectivity index (χ0v) is 11.7. The number of fused-ring (bicyclic) bond motifs is 1. The maximum atomic E-state index is 10.4. The molecule has 0 bridgehead atoms. The highest BCUT2D eigenvalue weighted by atomic mass is 16.3. The van der Waals surface area contributed by atoms with Gasteiger partial charge in [-0.2, -0.15) is 0 Å². The van der Waals surface area contributed by atoms with Gasteiger partial charge in [-0.25, -0.2) is 0 Å². The van der Waals surface area contributed by atoms with E-state index in [-0.39, 0.29) is 6.10 Å². The van der Waals surface area contributed by atoms with Crippen molar-refractivity contribution in [2.75, 3.05) is 6.54 Å². The van der Waals surface area contributed by atoms with E-state index in [0.717, 1.165) is 18.4 Å². The molecule has 0 radical (unpaired) electrons. The molecule has 1 N–H and O–H groups in total. The van der Waals surface area contributed by atoms with Crippen molar-refractivity contribution in [1.29, 1.82) is 0 Å². The minimum atomic E-state index is -0.0480. The third kappa shape index (κ3) is 2.60. The normalized spacial score (nSPS) is 43.2. The van der Waals surface area contributed by atoms with Crippen molar-refractivity contribution in [2.24, 2.45) is 5.92 Å². The quantitative estimate of drug-likeness (QED) is 0.723. The van der Waals surface area contributed by atoms with Gasteiger partial charge >= 0.3 is 0 Å². The van der Waals surface area contributed by atoms with Crippen LogP contribution in [-0.2, 0) is 0 Å². The van der Waals surface area contributed by atoms with Crippen LogP contribution < -0.4 is 0 Å². The molecule has 1 aliphatic heterocycles. The fourth-order valence-corrected chi connectivity index (χ4v) is 4.73. The van der Waals surface area contributed by atoms with E-state index in [1.165, 1.54) is 70.8 Å². The molecule has 2 saturated carbocycles. The first kappa shape index (κ1) is 12.9. The van der Waals surface area contributed by atoms with Crippen LogP contribution in [0.3, 0.4) is 0 Å². The number of likely N-dealkylation sites (tertiary alicyclic amines) is 1. The fraction of sp³-hybridized carbons (Fsp3) is 1.00. The van der Waals surface area contributed by atoms with E-state index >= 15 is 0 Å². The Morgan fingerprint density at radius 1 is 0.667 bits per heavy atom. The molecule has 18 heavy (non-hydrogen) atoms. The molecule has 3 aliphatic rings. The highest BCUT2D eigenvalue weighted by Gasteiger charge is 2.38. The topological polar surface area (TPSA) is 23.5 Å². The second kappa shape index (κ2) is 5.92. The highest BCUT2D eigenvalue weighted by Crippen LogP contribution is 2.38. The van der Waals surface area contributed by atoms with Crippen molar-refractivity contribution in [3.8, 4) is 0 Å². The van der Waals surface area contributed by atoms with Crippen LogP contribution >= 0.6 is 0 Å². The van der Waals surface area contributed by atoms with E-state index in [1.54, 1.807) is 0 Å². The predicted octanol–water partition coefficient (Wildman–Crippen LogP) is 3.33. The summed E-state index contributed by atoms with van der Waals surface area (Å²) in [6, 6.07) is 1.30. The average Bonchev–Trinajstić information content (AvgIpc) is 2.63. The smallest absolute Gasteiger partial charge is 0.0695 e. The van der Waals surface area contributed by atoms with Crippen LogP contribution in [0.4, 0.5) is 0 Å². The van der Waals surface area contributed by atoms with Gasteiger partial charge in [-0.3, -0.25) is 4.90 Å². The lowest BCUT2D eigenvalue weighted by molar-refractivity contribution is -0.0294. The minimum absolute atomic E-state index is 0.0480. The Kier molecular flexibility index (Phi) is 4.25. The van der Waals surface area contributed by atoms with Crippen molar-refractivity contribution >= 4 is 0 Å². The van der Waals surface area contributed by atoms with Crippen molar-refractivity contribution in [3.63, 3.8) is 0 Å². The summed E-state index contributed by atoms with van der Waals surface area (Å²) >= 11 is 0. The third-order valence-electron chi connectivity index (χ3n) is 5.66. The maximum Gasteiger partial charge on any atom is 0.0695 e. The summed E-state index contributed by atoms with van der Waals surface area (Å²) in [7, 11) is 0. The van der Waals surface area contributed by atoms with E-state index in [4.69, 9.17) is 0 Å². The van der Waals surface area contributed by atoms with Gasteiger partial charge in [-0.1, -0.05) is 32.1 Å². The molecular weight excluding hydrogens is 222 g/mol. The summed E-state index contributed by atoms with van der Waals surface area (Å²) in [5.41, 5.74) is 0. The Morgan fingerprint density at radius 3 is 2.28 bits per heavy atom. The van der Waals surface area contributed by atoms with Gasteiger partial charge in [0.2, 0.25) is 0 Å². The molecule has 0 aromatic rings. The monoisotopic (exact) mass is 251 g/mol. The van der Waals surface area contributed by atoms with E-state index < -0.39 is 0 Å². The Hall–Kier alpha value is -0.0800. The molecule has 2 heteroatoms. The van der Waals surface area contributed by atoms with Gasteiger partial charge in [0, 0.05) is 12.1 Å². The van der Waals surface area contributed by atoms with Crippen molar-refractivity contribution in [3.05, 3.63) is 0 Å². The number of nitrogens with zero attached hydrogens (tertiary/aromatic N) is 1. The van der Waals surface area contributed by atoms with Crippen molar-refractivity contribution < 1.29 is 5.11 Å². The van der Waals surface area contributed by atoms with Gasteiger partial charge < -0.3 is 5.11 Å². The molecule has 0 amide bonds. The summed E-state index contributed by atoms with van der Waals surface area (Å²) in [5, 5.41) is 10.4. The summed E-state index contributed by atoms with van der Waals surface area (Å²) < 4.78 is 0. The van der Waals surface area contributed by atoms with Gasteiger partial charge in [0.25, 0.3) is 0 Å². The molecule has 104 valence electrons. The standard InChI is InChI=1S/C16H29NO/c18-16-11-3-1-2-10-15(16)17-12-6-8-13-7-4-5-9-14(13)17/h13-16,18H,1-12H2. The predicted molar refractivity (Wildman–Crippen MR) is 74.6 cm³/mol. The molecule has 3 rings (SSSR count). The summed E-state index contributed by atoms with van der Waals surface area (Å²) in [6.07, 6.45) is 14.6. The average molecular weight is 251 g/mol. The SMILES string of the molecule is OC1CCCCCC1N1CCCC2CCCCC21. The van der Waals surface area contributed by atoms with Crippen LogP contribution in [0.2, 0.25) is 0 Å².